The summed E-state index contributed by atoms with van der Waals surface area (Å²) in [6, 6.07) is 20.6. The van der Waals surface area contributed by atoms with Crippen molar-refractivity contribution in [2.75, 3.05) is 0 Å². The zero-order valence-corrected chi connectivity index (χ0v) is 15.0. The van der Waals surface area contributed by atoms with Crippen LogP contribution in [0.4, 0.5) is 0 Å². The van der Waals surface area contributed by atoms with Crippen LogP contribution in [0.1, 0.15) is 0 Å². The molecule has 6 nitrogen and oxygen atoms in total. The SMILES string of the molecule is O=S(=O)(Oc1ccccc1)c1ccc(S(=O)(=O)Oc2ccccc2)cc1. The second kappa shape index (κ2) is 7.19. The highest BCUT2D eigenvalue weighted by atomic mass is 32.2. The lowest BCUT2D eigenvalue weighted by molar-refractivity contribution is 0.482. The molecule has 0 bridgehead atoms. The molecule has 0 unspecified atom stereocenters. The minimum atomic E-state index is -4.07. The summed E-state index contributed by atoms with van der Waals surface area (Å²) >= 11 is 0. The maximum atomic E-state index is 12.3. The summed E-state index contributed by atoms with van der Waals surface area (Å²) in [5.74, 6) is 0.327. The first-order valence-electron chi connectivity index (χ1n) is 7.46. The van der Waals surface area contributed by atoms with E-state index in [0.29, 0.717) is 0 Å². The van der Waals surface area contributed by atoms with Crippen molar-refractivity contribution in [3.05, 3.63) is 84.9 Å². The molecular formula is C18H14O6S2. The van der Waals surface area contributed by atoms with E-state index in [4.69, 9.17) is 8.37 Å². The Hall–Kier alpha value is -2.84. The lowest BCUT2D eigenvalue weighted by Crippen LogP contribution is -2.12. The Morgan fingerprint density at radius 1 is 0.462 bits per heavy atom. The van der Waals surface area contributed by atoms with E-state index in [2.05, 4.69) is 0 Å². The van der Waals surface area contributed by atoms with Gasteiger partial charge in [-0.3, -0.25) is 0 Å². The van der Waals surface area contributed by atoms with Crippen molar-refractivity contribution >= 4 is 20.2 Å². The molecule has 0 spiro atoms. The van der Waals surface area contributed by atoms with Crippen molar-refractivity contribution in [3.63, 3.8) is 0 Å². The van der Waals surface area contributed by atoms with Gasteiger partial charge in [0.2, 0.25) is 0 Å². The van der Waals surface area contributed by atoms with Crippen LogP contribution in [0.25, 0.3) is 0 Å². The predicted molar refractivity (Wildman–Crippen MR) is 95.0 cm³/mol. The molecule has 0 heterocycles. The van der Waals surface area contributed by atoms with E-state index in [9.17, 15) is 16.8 Å². The summed E-state index contributed by atoms with van der Waals surface area (Å²) in [6.07, 6.45) is 0. The number of benzene rings is 3. The Bertz CT molecular complexity index is 985. The fourth-order valence-corrected chi connectivity index (χ4v) is 3.93. The molecule has 0 fully saturated rings. The summed E-state index contributed by atoms with van der Waals surface area (Å²) < 4.78 is 59.0. The quantitative estimate of drug-likeness (QED) is 0.601. The number of para-hydroxylation sites is 2. The van der Waals surface area contributed by atoms with Crippen molar-refractivity contribution in [3.8, 4) is 11.5 Å². The van der Waals surface area contributed by atoms with Crippen LogP contribution in [-0.2, 0) is 20.2 Å². The molecule has 8 heteroatoms. The zero-order chi connectivity index (χ0) is 18.6. The zero-order valence-electron chi connectivity index (χ0n) is 13.3. The van der Waals surface area contributed by atoms with Crippen molar-refractivity contribution in [2.24, 2.45) is 0 Å². The van der Waals surface area contributed by atoms with E-state index in [1.807, 2.05) is 0 Å². The molecule has 3 rings (SSSR count). The first-order chi connectivity index (χ1) is 12.4. The van der Waals surface area contributed by atoms with Gasteiger partial charge < -0.3 is 8.37 Å². The third kappa shape index (κ3) is 4.22. The third-order valence-corrected chi connectivity index (χ3v) is 5.82. The average molecular weight is 390 g/mol. The molecule has 3 aromatic carbocycles. The normalized spacial score (nSPS) is 11.7. The average Bonchev–Trinajstić information content (AvgIpc) is 2.63. The lowest BCUT2D eigenvalue weighted by atomic mass is 10.3. The first-order valence-corrected chi connectivity index (χ1v) is 10.3. The van der Waals surface area contributed by atoms with Crippen LogP contribution in [-0.4, -0.2) is 16.8 Å². The van der Waals surface area contributed by atoms with Crippen LogP contribution >= 0.6 is 0 Å². The fraction of sp³-hybridized carbons (Fsp3) is 0. The fourth-order valence-electron chi connectivity index (χ4n) is 2.07. The highest BCUT2D eigenvalue weighted by Crippen LogP contribution is 2.22. The van der Waals surface area contributed by atoms with E-state index in [0.717, 1.165) is 24.3 Å². The minimum absolute atomic E-state index is 0.164. The lowest BCUT2D eigenvalue weighted by Gasteiger charge is -2.09. The molecule has 0 aliphatic rings. The van der Waals surface area contributed by atoms with Crippen LogP contribution in [0, 0.1) is 0 Å². The summed E-state index contributed by atoms with van der Waals surface area (Å²) in [7, 11) is -8.14. The molecule has 0 saturated heterocycles. The molecule has 0 saturated carbocycles. The van der Waals surface area contributed by atoms with Gasteiger partial charge in [-0.25, -0.2) is 0 Å². The molecular weight excluding hydrogens is 376 g/mol. The van der Waals surface area contributed by atoms with Gasteiger partial charge in [0.05, 0.1) is 0 Å². The summed E-state index contributed by atoms with van der Waals surface area (Å²) in [6.45, 7) is 0. The highest BCUT2D eigenvalue weighted by Gasteiger charge is 2.20. The van der Waals surface area contributed by atoms with Gasteiger partial charge in [0.1, 0.15) is 21.3 Å². The highest BCUT2D eigenvalue weighted by molar-refractivity contribution is 7.87. The standard InChI is InChI=1S/C18H14O6S2/c19-25(20,23-15-7-3-1-4-8-15)17-11-13-18(14-12-17)26(21,22)24-16-9-5-2-6-10-16/h1-14H. The Morgan fingerprint density at radius 2 is 0.769 bits per heavy atom. The van der Waals surface area contributed by atoms with E-state index in [1.165, 1.54) is 24.3 Å². The molecule has 0 aliphatic heterocycles. The second-order valence-electron chi connectivity index (χ2n) is 5.17. The molecule has 134 valence electrons. The van der Waals surface area contributed by atoms with E-state index >= 15 is 0 Å². The maximum Gasteiger partial charge on any atom is 0.339 e. The molecule has 0 N–H and O–H groups in total. The molecule has 26 heavy (non-hydrogen) atoms. The third-order valence-electron chi connectivity index (χ3n) is 3.30. The van der Waals surface area contributed by atoms with Gasteiger partial charge in [0, 0.05) is 0 Å². The van der Waals surface area contributed by atoms with Crippen molar-refractivity contribution in [1.82, 2.24) is 0 Å². The molecule has 0 aliphatic carbocycles. The summed E-state index contributed by atoms with van der Waals surface area (Å²) in [5.41, 5.74) is 0. The largest absolute Gasteiger partial charge is 0.379 e. The molecule has 0 atom stereocenters. The van der Waals surface area contributed by atoms with Crippen LogP contribution in [0.2, 0.25) is 0 Å². The van der Waals surface area contributed by atoms with Crippen molar-refractivity contribution < 1.29 is 25.2 Å². The van der Waals surface area contributed by atoms with E-state index in [1.54, 1.807) is 36.4 Å². The summed E-state index contributed by atoms with van der Waals surface area (Å²) in [4.78, 5) is -0.333. The molecule has 3 aromatic rings. The van der Waals surface area contributed by atoms with Gasteiger partial charge in [-0.1, -0.05) is 36.4 Å². The smallest absolute Gasteiger partial charge is 0.339 e. The number of hydrogen-bond acceptors (Lipinski definition) is 6. The Kier molecular flexibility index (Phi) is 4.97. The number of hydrogen-bond donors (Lipinski definition) is 0. The Labute approximate surface area is 151 Å². The van der Waals surface area contributed by atoms with Crippen molar-refractivity contribution in [1.29, 1.82) is 0 Å². The first kappa shape index (κ1) is 18.0. The van der Waals surface area contributed by atoms with Gasteiger partial charge >= 0.3 is 20.2 Å². The van der Waals surface area contributed by atoms with Gasteiger partial charge in [-0.2, -0.15) is 16.8 Å². The van der Waals surface area contributed by atoms with Crippen LogP contribution in [0.3, 0.4) is 0 Å². The van der Waals surface area contributed by atoms with Crippen LogP contribution < -0.4 is 8.37 Å². The Morgan fingerprint density at radius 3 is 1.08 bits per heavy atom. The van der Waals surface area contributed by atoms with Gasteiger partial charge in [0.15, 0.2) is 0 Å². The molecule has 0 aromatic heterocycles. The van der Waals surface area contributed by atoms with Gasteiger partial charge in [-0.05, 0) is 48.5 Å². The van der Waals surface area contributed by atoms with Crippen LogP contribution in [0.5, 0.6) is 11.5 Å². The Balaban J connectivity index is 1.81. The van der Waals surface area contributed by atoms with Gasteiger partial charge in [0.25, 0.3) is 0 Å². The second-order valence-corrected chi connectivity index (χ2v) is 8.27. The number of rotatable bonds is 6. The predicted octanol–water partition coefficient (Wildman–Crippen LogP) is 3.22. The summed E-state index contributed by atoms with van der Waals surface area (Å²) in [5, 5.41) is 0. The van der Waals surface area contributed by atoms with Crippen molar-refractivity contribution in [2.45, 2.75) is 9.79 Å². The van der Waals surface area contributed by atoms with E-state index < -0.39 is 20.2 Å². The monoisotopic (exact) mass is 390 g/mol. The molecule has 0 amide bonds. The topological polar surface area (TPSA) is 86.7 Å². The minimum Gasteiger partial charge on any atom is -0.379 e. The van der Waals surface area contributed by atoms with E-state index in [-0.39, 0.29) is 21.3 Å². The molecule has 0 radical (unpaired) electrons. The van der Waals surface area contributed by atoms with Gasteiger partial charge in [-0.15, -0.1) is 0 Å². The van der Waals surface area contributed by atoms with Crippen LogP contribution in [0.15, 0.2) is 94.7 Å². The maximum absolute atomic E-state index is 12.3.